The van der Waals surface area contributed by atoms with Crippen LogP contribution in [0.5, 0.6) is 0 Å². The first kappa shape index (κ1) is 18.3. The first-order chi connectivity index (χ1) is 11.5. The van der Waals surface area contributed by atoms with Gasteiger partial charge in [-0.25, -0.2) is 8.78 Å². The SMILES string of the molecule is CC[C@H](NC(=O)[C@@H]1CC(=O)N(CCOC)C1)c1cc(F)ccc1F. The average molecular weight is 340 g/mol. The zero-order valence-electron chi connectivity index (χ0n) is 13.9. The molecule has 0 aliphatic carbocycles. The topological polar surface area (TPSA) is 58.6 Å². The number of nitrogens with one attached hydrogen (secondary N) is 1. The van der Waals surface area contributed by atoms with E-state index >= 15 is 0 Å². The Morgan fingerprint density at radius 3 is 2.88 bits per heavy atom. The number of hydrogen-bond acceptors (Lipinski definition) is 3. The number of rotatable bonds is 7. The zero-order valence-corrected chi connectivity index (χ0v) is 13.9. The van der Waals surface area contributed by atoms with Gasteiger partial charge in [-0.1, -0.05) is 6.92 Å². The second kappa shape index (κ2) is 8.19. The number of nitrogens with zero attached hydrogens (tertiary/aromatic N) is 1. The second-order valence-electron chi connectivity index (χ2n) is 5.87. The summed E-state index contributed by atoms with van der Waals surface area (Å²) in [6.07, 6.45) is 0.539. The van der Waals surface area contributed by atoms with Crippen LogP contribution in [0.1, 0.15) is 31.4 Å². The van der Waals surface area contributed by atoms with Crippen LogP contribution in [0.4, 0.5) is 8.78 Å². The Balaban J connectivity index is 2.02. The maximum absolute atomic E-state index is 13.9. The first-order valence-corrected chi connectivity index (χ1v) is 7.98. The lowest BCUT2D eigenvalue weighted by Crippen LogP contribution is -2.36. The van der Waals surface area contributed by atoms with Crippen molar-refractivity contribution < 1.29 is 23.1 Å². The van der Waals surface area contributed by atoms with Crippen molar-refractivity contribution in [3.8, 4) is 0 Å². The van der Waals surface area contributed by atoms with Gasteiger partial charge in [0.15, 0.2) is 0 Å². The summed E-state index contributed by atoms with van der Waals surface area (Å²) < 4.78 is 32.2. The van der Waals surface area contributed by atoms with Crippen molar-refractivity contribution in [2.24, 2.45) is 5.92 Å². The van der Waals surface area contributed by atoms with Gasteiger partial charge in [0.1, 0.15) is 11.6 Å². The molecule has 1 heterocycles. The van der Waals surface area contributed by atoms with Gasteiger partial charge in [0.05, 0.1) is 18.6 Å². The van der Waals surface area contributed by atoms with Crippen LogP contribution in [0.15, 0.2) is 18.2 Å². The molecular formula is C17H22F2N2O3. The summed E-state index contributed by atoms with van der Waals surface area (Å²) in [6, 6.07) is 2.55. The lowest BCUT2D eigenvalue weighted by atomic mass is 10.0. The number of carbonyl (C=O) groups excluding carboxylic acids is 2. The molecule has 2 rings (SSSR count). The molecule has 0 radical (unpaired) electrons. The Kier molecular flexibility index (Phi) is 6.25. The predicted octanol–water partition coefficient (Wildman–Crippen LogP) is 2.03. The third-order valence-corrected chi connectivity index (χ3v) is 4.21. The highest BCUT2D eigenvalue weighted by atomic mass is 19.1. The van der Waals surface area contributed by atoms with Gasteiger partial charge >= 0.3 is 0 Å². The highest BCUT2D eigenvalue weighted by Crippen LogP contribution is 2.24. The first-order valence-electron chi connectivity index (χ1n) is 7.98. The number of halogens is 2. The molecule has 0 aromatic heterocycles. The fourth-order valence-electron chi connectivity index (χ4n) is 2.84. The standard InChI is InChI=1S/C17H22F2N2O3/c1-3-15(13-9-12(18)4-5-14(13)19)20-17(23)11-8-16(22)21(10-11)6-7-24-2/h4-5,9,11,15H,3,6-8,10H2,1-2H3,(H,20,23)/t11-,15+/m1/s1. The van der Waals surface area contributed by atoms with Crippen molar-refractivity contribution in [1.29, 1.82) is 0 Å². The molecule has 1 aliphatic heterocycles. The minimum atomic E-state index is -0.628. The molecule has 0 saturated carbocycles. The summed E-state index contributed by atoms with van der Waals surface area (Å²) in [6.45, 7) is 2.94. The normalized spacial score (nSPS) is 18.8. The van der Waals surface area contributed by atoms with E-state index in [1.165, 1.54) is 0 Å². The molecule has 0 spiro atoms. The summed E-state index contributed by atoms with van der Waals surface area (Å²) in [5, 5.41) is 2.73. The van der Waals surface area contributed by atoms with E-state index in [4.69, 9.17) is 4.74 Å². The number of methoxy groups -OCH3 is 1. The average Bonchev–Trinajstić information content (AvgIpc) is 2.94. The van der Waals surface area contributed by atoms with E-state index in [-0.39, 0.29) is 23.8 Å². The molecule has 2 amide bonds. The number of carbonyl (C=O) groups is 2. The molecule has 1 N–H and O–H groups in total. The van der Waals surface area contributed by atoms with Crippen molar-refractivity contribution in [2.75, 3.05) is 26.8 Å². The molecule has 1 aromatic carbocycles. The van der Waals surface area contributed by atoms with Gasteiger partial charge in [0, 0.05) is 32.2 Å². The van der Waals surface area contributed by atoms with Gasteiger partial charge in [-0.2, -0.15) is 0 Å². The molecule has 1 aromatic rings. The highest BCUT2D eigenvalue weighted by Gasteiger charge is 2.34. The fraction of sp³-hybridized carbons (Fsp3) is 0.529. The molecule has 1 fully saturated rings. The number of ether oxygens (including phenoxy) is 1. The van der Waals surface area contributed by atoms with E-state index < -0.39 is 23.6 Å². The maximum atomic E-state index is 13.9. The third-order valence-electron chi connectivity index (χ3n) is 4.21. The van der Waals surface area contributed by atoms with E-state index in [0.29, 0.717) is 26.1 Å². The van der Waals surface area contributed by atoms with E-state index in [2.05, 4.69) is 5.32 Å². The molecule has 1 saturated heterocycles. The van der Waals surface area contributed by atoms with E-state index in [1.807, 2.05) is 0 Å². The molecule has 0 unspecified atom stereocenters. The Bertz CT molecular complexity index is 609. The van der Waals surface area contributed by atoms with Crippen LogP contribution in [0.2, 0.25) is 0 Å². The van der Waals surface area contributed by atoms with Crippen molar-refractivity contribution in [2.45, 2.75) is 25.8 Å². The largest absolute Gasteiger partial charge is 0.383 e. The molecule has 2 atom stereocenters. The van der Waals surface area contributed by atoms with Gasteiger partial charge in [-0.15, -0.1) is 0 Å². The molecule has 24 heavy (non-hydrogen) atoms. The lowest BCUT2D eigenvalue weighted by Gasteiger charge is -2.21. The number of benzene rings is 1. The zero-order chi connectivity index (χ0) is 17.7. The van der Waals surface area contributed by atoms with Crippen LogP contribution in [0, 0.1) is 17.6 Å². The third kappa shape index (κ3) is 4.29. The summed E-state index contributed by atoms with van der Waals surface area (Å²) in [5.74, 6) is -2.02. The smallest absolute Gasteiger partial charge is 0.225 e. The van der Waals surface area contributed by atoms with Crippen LogP contribution >= 0.6 is 0 Å². The second-order valence-corrected chi connectivity index (χ2v) is 5.87. The molecule has 5 nitrogen and oxygen atoms in total. The Hall–Kier alpha value is -2.02. The number of amides is 2. The van der Waals surface area contributed by atoms with Crippen LogP contribution in [-0.4, -0.2) is 43.5 Å². The van der Waals surface area contributed by atoms with Crippen LogP contribution in [0.3, 0.4) is 0 Å². The molecule has 0 bridgehead atoms. The fourth-order valence-corrected chi connectivity index (χ4v) is 2.84. The van der Waals surface area contributed by atoms with E-state index in [0.717, 1.165) is 18.2 Å². The quantitative estimate of drug-likeness (QED) is 0.826. The van der Waals surface area contributed by atoms with Crippen molar-refractivity contribution in [1.82, 2.24) is 10.2 Å². The van der Waals surface area contributed by atoms with Crippen molar-refractivity contribution in [3.05, 3.63) is 35.4 Å². The maximum Gasteiger partial charge on any atom is 0.225 e. The van der Waals surface area contributed by atoms with Crippen LogP contribution < -0.4 is 5.32 Å². The van der Waals surface area contributed by atoms with E-state index in [1.54, 1.807) is 18.9 Å². The van der Waals surface area contributed by atoms with Gasteiger partial charge in [-0.05, 0) is 24.6 Å². The van der Waals surface area contributed by atoms with E-state index in [9.17, 15) is 18.4 Å². The van der Waals surface area contributed by atoms with Crippen LogP contribution in [-0.2, 0) is 14.3 Å². The lowest BCUT2D eigenvalue weighted by molar-refractivity contribution is -0.129. The Labute approximate surface area is 140 Å². The molecule has 1 aliphatic rings. The number of hydrogen-bond donors (Lipinski definition) is 1. The minimum Gasteiger partial charge on any atom is -0.383 e. The Morgan fingerprint density at radius 1 is 1.46 bits per heavy atom. The minimum absolute atomic E-state index is 0.0998. The van der Waals surface area contributed by atoms with Gasteiger partial charge in [0.2, 0.25) is 11.8 Å². The summed E-state index contributed by atoms with van der Waals surface area (Å²) in [4.78, 5) is 25.9. The molecular weight excluding hydrogens is 318 g/mol. The molecule has 132 valence electrons. The number of likely N-dealkylation sites (tertiary alicyclic amines) is 1. The highest BCUT2D eigenvalue weighted by molar-refractivity contribution is 5.89. The Morgan fingerprint density at radius 2 is 2.21 bits per heavy atom. The molecule has 7 heteroatoms. The predicted molar refractivity (Wildman–Crippen MR) is 84.1 cm³/mol. The summed E-state index contributed by atoms with van der Waals surface area (Å²) in [5.41, 5.74) is 0.117. The van der Waals surface area contributed by atoms with Crippen molar-refractivity contribution >= 4 is 11.8 Å². The van der Waals surface area contributed by atoms with Crippen LogP contribution in [0.25, 0.3) is 0 Å². The van der Waals surface area contributed by atoms with Gasteiger partial charge in [-0.3, -0.25) is 9.59 Å². The van der Waals surface area contributed by atoms with Gasteiger partial charge in [0.25, 0.3) is 0 Å². The summed E-state index contributed by atoms with van der Waals surface area (Å²) >= 11 is 0. The van der Waals surface area contributed by atoms with Gasteiger partial charge < -0.3 is 15.0 Å². The monoisotopic (exact) mass is 340 g/mol. The van der Waals surface area contributed by atoms with Crippen molar-refractivity contribution in [3.63, 3.8) is 0 Å². The summed E-state index contributed by atoms with van der Waals surface area (Å²) in [7, 11) is 1.55.